The number of nitrogens with one attached hydrogen (secondary N) is 1. The van der Waals surface area contributed by atoms with Crippen molar-refractivity contribution in [3.63, 3.8) is 0 Å². The molecule has 0 saturated heterocycles. The average Bonchev–Trinajstić information content (AvgIpc) is 2.93. The van der Waals surface area contributed by atoms with Gasteiger partial charge in [-0.2, -0.15) is 0 Å². The van der Waals surface area contributed by atoms with Crippen LogP contribution in [-0.4, -0.2) is 15.1 Å². The lowest BCUT2D eigenvalue weighted by atomic mass is 9.94. The normalized spacial score (nSPS) is 16.3. The lowest BCUT2D eigenvalue weighted by Gasteiger charge is -2.14. The van der Waals surface area contributed by atoms with Crippen molar-refractivity contribution in [1.82, 2.24) is 9.97 Å². The summed E-state index contributed by atoms with van der Waals surface area (Å²) in [5.41, 5.74) is 4.00. The SMILES string of the molecule is Cc1nc2c(C3CCCC3)cc(CO)cc2[nH]c1=O. The fourth-order valence-corrected chi connectivity index (χ4v) is 3.01. The summed E-state index contributed by atoms with van der Waals surface area (Å²) >= 11 is 0. The zero-order valence-corrected chi connectivity index (χ0v) is 11.1. The Kier molecular flexibility index (Phi) is 3.11. The average molecular weight is 258 g/mol. The number of fused-ring (bicyclic) bond motifs is 1. The molecule has 0 bridgehead atoms. The molecular formula is C15H18N2O2. The van der Waals surface area contributed by atoms with Gasteiger partial charge in [-0.25, -0.2) is 4.98 Å². The third-order valence-corrected chi connectivity index (χ3v) is 4.03. The lowest BCUT2D eigenvalue weighted by Crippen LogP contribution is -2.13. The zero-order chi connectivity index (χ0) is 13.4. The van der Waals surface area contributed by atoms with Gasteiger partial charge in [0.25, 0.3) is 5.56 Å². The monoisotopic (exact) mass is 258 g/mol. The van der Waals surface area contributed by atoms with Gasteiger partial charge in [0.1, 0.15) is 5.69 Å². The largest absolute Gasteiger partial charge is 0.392 e. The highest BCUT2D eigenvalue weighted by molar-refractivity contribution is 5.79. The van der Waals surface area contributed by atoms with E-state index in [4.69, 9.17) is 0 Å². The molecule has 0 amide bonds. The number of benzene rings is 1. The number of aliphatic hydroxyl groups is 1. The minimum atomic E-state index is -0.153. The number of H-pyrrole nitrogens is 1. The Morgan fingerprint density at radius 1 is 1.37 bits per heavy atom. The van der Waals surface area contributed by atoms with Crippen molar-refractivity contribution in [2.45, 2.75) is 45.1 Å². The first-order chi connectivity index (χ1) is 9.19. The molecule has 0 unspecified atom stereocenters. The van der Waals surface area contributed by atoms with Crippen LogP contribution in [0.2, 0.25) is 0 Å². The number of aromatic nitrogens is 2. The summed E-state index contributed by atoms with van der Waals surface area (Å²) in [6.45, 7) is 1.72. The molecule has 1 aliphatic carbocycles. The molecule has 2 aromatic rings. The van der Waals surface area contributed by atoms with Crippen LogP contribution in [0.4, 0.5) is 0 Å². The van der Waals surface area contributed by atoms with Crippen LogP contribution in [0.1, 0.15) is 48.4 Å². The summed E-state index contributed by atoms with van der Waals surface area (Å²) in [6.07, 6.45) is 4.84. The number of rotatable bonds is 2. The Bertz CT molecular complexity index is 670. The third-order valence-electron chi connectivity index (χ3n) is 4.03. The highest BCUT2D eigenvalue weighted by Crippen LogP contribution is 2.37. The summed E-state index contributed by atoms with van der Waals surface area (Å²) in [5.74, 6) is 0.506. The second kappa shape index (κ2) is 4.78. The van der Waals surface area contributed by atoms with E-state index in [-0.39, 0.29) is 12.2 Å². The third kappa shape index (κ3) is 2.16. The smallest absolute Gasteiger partial charge is 0.269 e. The van der Waals surface area contributed by atoms with Gasteiger partial charge in [-0.15, -0.1) is 0 Å². The van der Waals surface area contributed by atoms with E-state index in [1.54, 1.807) is 6.92 Å². The van der Waals surface area contributed by atoms with Gasteiger partial charge in [0.15, 0.2) is 0 Å². The van der Waals surface area contributed by atoms with Gasteiger partial charge >= 0.3 is 0 Å². The summed E-state index contributed by atoms with van der Waals surface area (Å²) in [5, 5.41) is 9.38. The van der Waals surface area contributed by atoms with Gasteiger partial charge < -0.3 is 10.1 Å². The number of hydrogen-bond acceptors (Lipinski definition) is 3. The number of hydrogen-bond donors (Lipinski definition) is 2. The topological polar surface area (TPSA) is 66.0 Å². The van der Waals surface area contributed by atoms with Crippen LogP contribution in [0.15, 0.2) is 16.9 Å². The van der Waals surface area contributed by atoms with Gasteiger partial charge in [0, 0.05) is 0 Å². The number of aromatic amines is 1. The lowest BCUT2D eigenvalue weighted by molar-refractivity contribution is 0.282. The van der Waals surface area contributed by atoms with Crippen LogP contribution in [0.25, 0.3) is 11.0 Å². The molecule has 3 rings (SSSR count). The molecule has 19 heavy (non-hydrogen) atoms. The first kappa shape index (κ1) is 12.4. The van der Waals surface area contributed by atoms with Crippen molar-refractivity contribution in [3.8, 4) is 0 Å². The summed E-state index contributed by atoms with van der Waals surface area (Å²) in [6, 6.07) is 3.87. The molecular weight excluding hydrogens is 240 g/mol. The number of aliphatic hydroxyl groups excluding tert-OH is 1. The van der Waals surface area contributed by atoms with Crippen molar-refractivity contribution < 1.29 is 5.11 Å². The van der Waals surface area contributed by atoms with Gasteiger partial charge in [-0.05, 0) is 42.9 Å². The highest BCUT2D eigenvalue weighted by Gasteiger charge is 2.21. The molecule has 2 N–H and O–H groups in total. The second-order valence-electron chi connectivity index (χ2n) is 5.37. The molecule has 0 spiro atoms. The van der Waals surface area contributed by atoms with E-state index in [1.807, 2.05) is 12.1 Å². The maximum atomic E-state index is 11.7. The van der Waals surface area contributed by atoms with Crippen molar-refractivity contribution in [3.05, 3.63) is 39.3 Å². The Labute approximate surface area is 111 Å². The molecule has 4 heteroatoms. The Morgan fingerprint density at radius 2 is 2.11 bits per heavy atom. The molecule has 1 saturated carbocycles. The standard InChI is InChI=1S/C15H18N2O2/c1-9-15(19)17-13-7-10(8-18)6-12(14(13)16-9)11-4-2-3-5-11/h6-7,11,18H,2-5,8H2,1H3,(H,17,19). The van der Waals surface area contributed by atoms with E-state index in [0.717, 1.165) is 16.6 Å². The minimum Gasteiger partial charge on any atom is -0.392 e. The molecule has 1 fully saturated rings. The van der Waals surface area contributed by atoms with E-state index in [2.05, 4.69) is 9.97 Å². The van der Waals surface area contributed by atoms with Crippen molar-refractivity contribution in [2.75, 3.05) is 0 Å². The fourth-order valence-electron chi connectivity index (χ4n) is 3.01. The molecule has 0 radical (unpaired) electrons. The van der Waals surface area contributed by atoms with Crippen LogP contribution in [0, 0.1) is 6.92 Å². The Hall–Kier alpha value is -1.68. The number of nitrogens with zero attached hydrogens (tertiary/aromatic N) is 1. The Morgan fingerprint density at radius 3 is 2.79 bits per heavy atom. The van der Waals surface area contributed by atoms with E-state index in [1.165, 1.54) is 31.2 Å². The van der Waals surface area contributed by atoms with Crippen LogP contribution in [0.5, 0.6) is 0 Å². The molecule has 1 heterocycles. The first-order valence-electron chi connectivity index (χ1n) is 6.83. The molecule has 4 nitrogen and oxygen atoms in total. The quantitative estimate of drug-likeness (QED) is 0.869. The van der Waals surface area contributed by atoms with Crippen LogP contribution >= 0.6 is 0 Å². The van der Waals surface area contributed by atoms with Gasteiger partial charge in [0.2, 0.25) is 0 Å². The van der Waals surface area contributed by atoms with Crippen LogP contribution in [-0.2, 0) is 6.61 Å². The maximum Gasteiger partial charge on any atom is 0.269 e. The molecule has 1 aliphatic rings. The summed E-state index contributed by atoms with van der Waals surface area (Å²) in [4.78, 5) is 19.0. The molecule has 1 aromatic heterocycles. The summed E-state index contributed by atoms with van der Waals surface area (Å²) in [7, 11) is 0. The van der Waals surface area contributed by atoms with E-state index < -0.39 is 0 Å². The molecule has 1 aromatic carbocycles. The summed E-state index contributed by atoms with van der Waals surface area (Å²) < 4.78 is 0. The van der Waals surface area contributed by atoms with Gasteiger partial charge in [-0.3, -0.25) is 4.79 Å². The van der Waals surface area contributed by atoms with Crippen molar-refractivity contribution in [2.24, 2.45) is 0 Å². The first-order valence-corrected chi connectivity index (χ1v) is 6.83. The molecule has 0 aliphatic heterocycles. The minimum absolute atomic E-state index is 0.00837. The zero-order valence-electron chi connectivity index (χ0n) is 11.1. The van der Waals surface area contributed by atoms with Gasteiger partial charge in [0.05, 0.1) is 17.6 Å². The van der Waals surface area contributed by atoms with Crippen molar-refractivity contribution in [1.29, 1.82) is 0 Å². The van der Waals surface area contributed by atoms with Gasteiger partial charge in [-0.1, -0.05) is 18.9 Å². The van der Waals surface area contributed by atoms with Crippen LogP contribution < -0.4 is 5.56 Å². The maximum absolute atomic E-state index is 11.7. The van der Waals surface area contributed by atoms with E-state index in [9.17, 15) is 9.90 Å². The Balaban J connectivity index is 2.27. The van der Waals surface area contributed by atoms with E-state index >= 15 is 0 Å². The second-order valence-corrected chi connectivity index (χ2v) is 5.37. The predicted molar refractivity (Wildman–Crippen MR) is 74.2 cm³/mol. The van der Waals surface area contributed by atoms with Crippen LogP contribution in [0.3, 0.4) is 0 Å². The predicted octanol–water partition coefficient (Wildman–Crippen LogP) is 2.38. The van der Waals surface area contributed by atoms with E-state index in [0.29, 0.717) is 11.6 Å². The molecule has 0 atom stereocenters. The van der Waals surface area contributed by atoms with Crippen molar-refractivity contribution >= 4 is 11.0 Å². The number of aryl methyl sites for hydroxylation is 1. The highest BCUT2D eigenvalue weighted by atomic mass is 16.3. The molecule has 100 valence electrons. The fraction of sp³-hybridized carbons (Fsp3) is 0.467.